The zero-order valence-electron chi connectivity index (χ0n) is 13.8. The third kappa shape index (κ3) is 3.89. The van der Waals surface area contributed by atoms with Crippen LogP contribution in [0.3, 0.4) is 0 Å². The number of ether oxygens (including phenoxy) is 2. The number of hydrogen-bond donors (Lipinski definition) is 0. The molecule has 0 bridgehead atoms. The summed E-state index contributed by atoms with van der Waals surface area (Å²) < 4.78 is 11.4. The number of benzene rings is 3. The molecule has 0 unspecified atom stereocenters. The Morgan fingerprint density at radius 2 is 1.52 bits per heavy atom. The van der Waals surface area contributed by atoms with E-state index in [1.54, 1.807) is 50.2 Å². The molecule has 0 aliphatic carbocycles. The van der Waals surface area contributed by atoms with Gasteiger partial charge in [-0.3, -0.25) is 0 Å². The molecule has 3 rings (SSSR count). The molecule has 25 heavy (non-hydrogen) atoms. The van der Waals surface area contributed by atoms with Gasteiger partial charge < -0.3 is 9.47 Å². The van der Waals surface area contributed by atoms with Gasteiger partial charge in [0.25, 0.3) is 0 Å². The van der Waals surface area contributed by atoms with Crippen molar-refractivity contribution < 1.29 is 14.3 Å². The first-order valence-corrected chi connectivity index (χ1v) is 8.46. The second kappa shape index (κ2) is 6.95. The van der Waals surface area contributed by atoms with E-state index in [2.05, 4.69) is 0 Å². The summed E-state index contributed by atoms with van der Waals surface area (Å²) in [5, 5.41) is 2.80. The van der Waals surface area contributed by atoms with Gasteiger partial charge in [-0.05, 0) is 50.2 Å². The van der Waals surface area contributed by atoms with Crippen LogP contribution in [0, 0.1) is 0 Å². The molecule has 0 fully saturated rings. The van der Waals surface area contributed by atoms with Crippen LogP contribution < -0.4 is 9.47 Å². The Morgan fingerprint density at radius 1 is 0.880 bits per heavy atom. The van der Waals surface area contributed by atoms with Gasteiger partial charge in [0.15, 0.2) is 0 Å². The van der Waals surface area contributed by atoms with Crippen LogP contribution in [0.25, 0.3) is 10.8 Å². The first kappa shape index (κ1) is 17.6. The number of carbonyl (C=O) groups is 1. The zero-order chi connectivity index (χ0) is 18.0. The van der Waals surface area contributed by atoms with E-state index in [9.17, 15) is 4.79 Å². The van der Waals surface area contributed by atoms with Gasteiger partial charge in [-0.2, -0.15) is 0 Å². The average molecular weight is 375 g/mol. The Balaban J connectivity index is 1.84. The molecule has 0 N–H and O–H groups in total. The van der Waals surface area contributed by atoms with Crippen LogP contribution >= 0.6 is 23.2 Å². The van der Waals surface area contributed by atoms with Gasteiger partial charge in [0.05, 0.1) is 0 Å². The monoisotopic (exact) mass is 374 g/mol. The average Bonchev–Trinajstić information content (AvgIpc) is 2.59. The quantitative estimate of drug-likeness (QED) is 0.420. The molecular weight excluding hydrogens is 359 g/mol. The van der Waals surface area contributed by atoms with Crippen molar-refractivity contribution in [3.05, 3.63) is 70.7 Å². The Morgan fingerprint density at radius 3 is 2.20 bits per heavy atom. The predicted molar refractivity (Wildman–Crippen MR) is 101 cm³/mol. The fourth-order valence-corrected chi connectivity index (χ4v) is 2.74. The van der Waals surface area contributed by atoms with Crippen molar-refractivity contribution in [2.24, 2.45) is 0 Å². The summed E-state index contributed by atoms with van der Waals surface area (Å²) in [5.41, 5.74) is -1.17. The molecule has 3 aromatic rings. The van der Waals surface area contributed by atoms with Crippen LogP contribution in [0.1, 0.15) is 13.8 Å². The summed E-state index contributed by atoms with van der Waals surface area (Å²) in [7, 11) is 0. The largest absolute Gasteiger partial charge is 0.476 e. The molecule has 128 valence electrons. The van der Waals surface area contributed by atoms with Gasteiger partial charge in [-0.1, -0.05) is 47.5 Å². The first-order valence-electron chi connectivity index (χ1n) is 7.71. The lowest BCUT2D eigenvalue weighted by molar-refractivity contribution is -0.149. The molecule has 0 radical (unpaired) electrons. The van der Waals surface area contributed by atoms with Crippen LogP contribution in [-0.4, -0.2) is 11.6 Å². The van der Waals surface area contributed by atoms with Crippen LogP contribution in [-0.2, 0) is 4.79 Å². The third-order valence-electron chi connectivity index (χ3n) is 3.71. The molecule has 0 saturated carbocycles. The van der Waals surface area contributed by atoms with Crippen LogP contribution in [0.2, 0.25) is 10.0 Å². The van der Waals surface area contributed by atoms with E-state index in [0.717, 1.165) is 10.8 Å². The number of rotatable bonds is 4. The second-order valence-electron chi connectivity index (χ2n) is 6.05. The van der Waals surface area contributed by atoms with E-state index >= 15 is 0 Å². The summed E-state index contributed by atoms with van der Waals surface area (Å²) in [6, 6.07) is 17.7. The highest BCUT2D eigenvalue weighted by molar-refractivity contribution is 6.35. The van der Waals surface area contributed by atoms with E-state index in [0.29, 0.717) is 21.5 Å². The highest BCUT2D eigenvalue weighted by Crippen LogP contribution is 2.32. The SMILES string of the molecule is CC(C)(Oc1ccc(Cl)cc1)C(=O)Oc1ccc(Cl)c2ccccc12. The Kier molecular flexibility index (Phi) is 4.89. The summed E-state index contributed by atoms with van der Waals surface area (Å²) in [6.07, 6.45) is 0. The number of hydrogen-bond acceptors (Lipinski definition) is 3. The maximum absolute atomic E-state index is 12.6. The smallest absolute Gasteiger partial charge is 0.355 e. The highest BCUT2D eigenvalue weighted by atomic mass is 35.5. The van der Waals surface area contributed by atoms with E-state index in [1.807, 2.05) is 24.3 Å². The lowest BCUT2D eigenvalue weighted by Crippen LogP contribution is -2.41. The van der Waals surface area contributed by atoms with Crippen LogP contribution in [0.15, 0.2) is 60.7 Å². The van der Waals surface area contributed by atoms with Gasteiger partial charge in [0.1, 0.15) is 11.5 Å². The Labute approximate surface area is 156 Å². The number of fused-ring (bicyclic) bond motifs is 1. The van der Waals surface area contributed by atoms with Gasteiger partial charge >= 0.3 is 5.97 Å². The second-order valence-corrected chi connectivity index (χ2v) is 6.89. The summed E-state index contributed by atoms with van der Waals surface area (Å²) in [5.74, 6) is 0.472. The molecule has 0 aliphatic rings. The van der Waals surface area contributed by atoms with Gasteiger partial charge in [-0.25, -0.2) is 4.79 Å². The number of esters is 1. The fourth-order valence-electron chi connectivity index (χ4n) is 2.39. The minimum atomic E-state index is -1.17. The minimum Gasteiger partial charge on any atom is -0.476 e. The first-order chi connectivity index (χ1) is 11.9. The molecule has 0 spiro atoms. The summed E-state index contributed by atoms with van der Waals surface area (Å²) in [6.45, 7) is 3.31. The van der Waals surface area contributed by atoms with Crippen molar-refractivity contribution in [3.63, 3.8) is 0 Å². The Hall–Kier alpha value is -2.23. The molecule has 0 aliphatic heterocycles. The van der Waals surface area contributed by atoms with E-state index in [4.69, 9.17) is 32.7 Å². The maximum Gasteiger partial charge on any atom is 0.355 e. The normalized spacial score (nSPS) is 11.4. The lowest BCUT2D eigenvalue weighted by atomic mass is 10.1. The molecule has 0 saturated heterocycles. The minimum absolute atomic E-state index is 0.442. The molecule has 3 nitrogen and oxygen atoms in total. The van der Waals surface area contributed by atoms with Gasteiger partial charge in [0, 0.05) is 20.8 Å². The van der Waals surface area contributed by atoms with Gasteiger partial charge in [0.2, 0.25) is 5.60 Å². The van der Waals surface area contributed by atoms with E-state index < -0.39 is 11.6 Å². The number of halogens is 2. The third-order valence-corrected chi connectivity index (χ3v) is 4.29. The highest BCUT2D eigenvalue weighted by Gasteiger charge is 2.32. The van der Waals surface area contributed by atoms with Crippen molar-refractivity contribution >= 4 is 39.9 Å². The maximum atomic E-state index is 12.6. The predicted octanol–water partition coefficient (Wildman–Crippen LogP) is 5.91. The fraction of sp³-hybridized carbons (Fsp3) is 0.150. The van der Waals surface area contributed by atoms with Crippen LogP contribution in [0.5, 0.6) is 11.5 Å². The van der Waals surface area contributed by atoms with Crippen molar-refractivity contribution in [1.29, 1.82) is 0 Å². The zero-order valence-corrected chi connectivity index (χ0v) is 15.3. The topological polar surface area (TPSA) is 35.5 Å². The molecular formula is C20H16Cl2O3. The molecule has 0 atom stereocenters. The van der Waals surface area contributed by atoms with Gasteiger partial charge in [-0.15, -0.1) is 0 Å². The lowest BCUT2D eigenvalue weighted by Gasteiger charge is -2.24. The summed E-state index contributed by atoms with van der Waals surface area (Å²) >= 11 is 12.1. The molecule has 5 heteroatoms. The van der Waals surface area contributed by atoms with Crippen molar-refractivity contribution in [2.75, 3.05) is 0 Å². The van der Waals surface area contributed by atoms with Crippen LogP contribution in [0.4, 0.5) is 0 Å². The molecule has 0 aromatic heterocycles. The molecule has 0 heterocycles. The van der Waals surface area contributed by atoms with E-state index in [-0.39, 0.29) is 0 Å². The Bertz CT molecular complexity index is 918. The van der Waals surface area contributed by atoms with E-state index in [1.165, 1.54) is 0 Å². The van der Waals surface area contributed by atoms with Crippen molar-refractivity contribution in [1.82, 2.24) is 0 Å². The van der Waals surface area contributed by atoms with Crippen molar-refractivity contribution in [2.45, 2.75) is 19.4 Å². The summed E-state index contributed by atoms with van der Waals surface area (Å²) in [4.78, 5) is 12.6. The number of carbonyl (C=O) groups excluding carboxylic acids is 1. The molecule has 0 amide bonds. The standard InChI is InChI=1S/C20H16Cl2O3/c1-20(2,25-14-9-7-13(21)8-10-14)19(23)24-18-12-11-17(22)15-5-3-4-6-16(15)18/h3-12H,1-2H3. The molecule has 3 aromatic carbocycles. The van der Waals surface area contributed by atoms with Crippen molar-refractivity contribution in [3.8, 4) is 11.5 Å².